The van der Waals surface area contributed by atoms with E-state index >= 15 is 0 Å². The van der Waals surface area contributed by atoms with Gasteiger partial charge in [-0.05, 0) is 71.8 Å². The van der Waals surface area contributed by atoms with Gasteiger partial charge in [0.15, 0.2) is 23.0 Å². The first-order valence-corrected chi connectivity index (χ1v) is 10.7. The van der Waals surface area contributed by atoms with Gasteiger partial charge in [0.25, 0.3) is 11.8 Å². The van der Waals surface area contributed by atoms with E-state index in [0.717, 1.165) is 0 Å². The molecule has 0 bridgehead atoms. The number of nitrogens with one attached hydrogen (secondary N) is 2. The minimum absolute atomic E-state index is 0.338. The van der Waals surface area contributed by atoms with Gasteiger partial charge in [-0.3, -0.25) is 9.59 Å². The zero-order valence-corrected chi connectivity index (χ0v) is 20.3. The molecule has 0 aliphatic rings. The molecule has 0 heterocycles. The number of hydrogen-bond acceptors (Lipinski definition) is 8. The number of benzene rings is 3. The van der Waals surface area contributed by atoms with Gasteiger partial charge < -0.3 is 18.9 Å². The van der Waals surface area contributed by atoms with Crippen molar-refractivity contribution in [1.82, 2.24) is 10.9 Å². The second-order valence-electron chi connectivity index (χ2n) is 7.20. The molecule has 0 saturated heterocycles. The van der Waals surface area contributed by atoms with Crippen molar-refractivity contribution in [2.45, 2.75) is 0 Å². The summed E-state index contributed by atoms with van der Waals surface area (Å²) in [6.45, 7) is 0. The number of methoxy groups -OCH3 is 4. The Balaban J connectivity index is 1.55. The number of rotatable bonds is 10. The molecule has 10 nitrogen and oxygen atoms in total. The molecular weight excluding hydrogens is 464 g/mol. The van der Waals surface area contributed by atoms with Crippen LogP contribution in [0.25, 0.3) is 0 Å². The van der Waals surface area contributed by atoms with Crippen molar-refractivity contribution in [3.8, 4) is 23.0 Å². The fourth-order valence-corrected chi connectivity index (χ4v) is 3.10. The Kier molecular flexibility index (Phi) is 8.99. The van der Waals surface area contributed by atoms with E-state index in [0.29, 0.717) is 45.3 Å². The Labute approximate surface area is 208 Å². The summed E-state index contributed by atoms with van der Waals surface area (Å²) in [5.41, 5.74) is 7.00. The van der Waals surface area contributed by atoms with Crippen LogP contribution in [0, 0.1) is 0 Å². The van der Waals surface area contributed by atoms with Crippen LogP contribution in [0.4, 0.5) is 0 Å². The molecule has 0 radical (unpaired) electrons. The minimum Gasteiger partial charge on any atom is -0.493 e. The predicted molar refractivity (Wildman–Crippen MR) is 136 cm³/mol. The molecule has 10 heteroatoms. The number of carbonyl (C=O) groups is 2. The molecule has 0 aromatic heterocycles. The van der Waals surface area contributed by atoms with Crippen molar-refractivity contribution in [1.29, 1.82) is 0 Å². The maximum absolute atomic E-state index is 12.4. The van der Waals surface area contributed by atoms with E-state index in [4.69, 9.17) is 18.9 Å². The molecule has 186 valence electrons. The third kappa shape index (κ3) is 6.60. The second-order valence-corrected chi connectivity index (χ2v) is 7.20. The molecule has 3 aromatic carbocycles. The minimum atomic E-state index is -0.426. The molecule has 36 heavy (non-hydrogen) atoms. The van der Waals surface area contributed by atoms with Gasteiger partial charge in [0.05, 0.1) is 40.9 Å². The maximum atomic E-state index is 12.4. The summed E-state index contributed by atoms with van der Waals surface area (Å²) in [4.78, 5) is 24.7. The molecule has 2 N–H and O–H groups in total. The van der Waals surface area contributed by atoms with E-state index in [2.05, 4.69) is 21.1 Å². The van der Waals surface area contributed by atoms with Crippen molar-refractivity contribution in [2.75, 3.05) is 28.4 Å². The lowest BCUT2D eigenvalue weighted by molar-refractivity contribution is 0.0943. The molecule has 2 amide bonds. The third-order valence-electron chi connectivity index (χ3n) is 4.98. The molecule has 3 aromatic rings. The highest BCUT2D eigenvalue weighted by atomic mass is 16.5. The van der Waals surface area contributed by atoms with Crippen LogP contribution in [-0.2, 0) is 0 Å². The molecule has 0 fully saturated rings. The number of nitrogens with zero attached hydrogens (tertiary/aromatic N) is 2. The summed E-state index contributed by atoms with van der Waals surface area (Å²) in [6.07, 6.45) is 2.97. The average molecular weight is 491 g/mol. The Bertz CT molecular complexity index is 1170. The van der Waals surface area contributed by atoms with Gasteiger partial charge in [-0.1, -0.05) is 0 Å². The van der Waals surface area contributed by atoms with Crippen LogP contribution in [0.2, 0.25) is 0 Å². The average Bonchev–Trinajstić information content (AvgIpc) is 2.92. The van der Waals surface area contributed by atoms with Crippen molar-refractivity contribution >= 4 is 24.2 Å². The fourth-order valence-electron chi connectivity index (χ4n) is 3.10. The van der Waals surface area contributed by atoms with Gasteiger partial charge in [-0.25, -0.2) is 10.9 Å². The molecule has 3 rings (SSSR count). The van der Waals surface area contributed by atoms with Crippen LogP contribution in [-0.4, -0.2) is 52.7 Å². The Morgan fingerprint density at radius 1 is 0.583 bits per heavy atom. The van der Waals surface area contributed by atoms with Gasteiger partial charge in [0.1, 0.15) is 0 Å². The van der Waals surface area contributed by atoms with E-state index in [1.807, 2.05) is 0 Å². The van der Waals surface area contributed by atoms with Gasteiger partial charge in [-0.15, -0.1) is 0 Å². The zero-order valence-electron chi connectivity index (χ0n) is 20.3. The summed E-state index contributed by atoms with van der Waals surface area (Å²) in [5, 5.41) is 7.93. The van der Waals surface area contributed by atoms with Crippen LogP contribution in [0.5, 0.6) is 23.0 Å². The summed E-state index contributed by atoms with van der Waals surface area (Å²) < 4.78 is 20.9. The van der Waals surface area contributed by atoms with Gasteiger partial charge in [0, 0.05) is 11.1 Å². The SMILES string of the molecule is COc1ccc(/C=N/NC(=O)c2ccc(C(=O)N/N=C/c3ccc(OC)c(OC)c3)cc2)cc1OC. The molecule has 0 spiro atoms. The predicted octanol–water partition coefficient (Wildman–Crippen LogP) is 3.25. The van der Waals surface area contributed by atoms with Crippen molar-refractivity contribution in [2.24, 2.45) is 10.2 Å². The maximum Gasteiger partial charge on any atom is 0.271 e. The fraction of sp³-hybridized carbons (Fsp3) is 0.154. The first kappa shape index (κ1) is 25.8. The van der Waals surface area contributed by atoms with Crippen LogP contribution in [0.1, 0.15) is 31.8 Å². The summed E-state index contributed by atoms with van der Waals surface area (Å²) in [6, 6.07) is 16.6. The van der Waals surface area contributed by atoms with Gasteiger partial charge in [-0.2, -0.15) is 10.2 Å². The second kappa shape index (κ2) is 12.6. The standard InChI is InChI=1S/C26H26N4O6/c1-33-21-11-5-17(13-23(21)35-3)15-27-29-25(31)19-7-9-20(10-8-19)26(32)30-28-16-18-6-12-22(34-2)24(14-18)36-4/h5-16H,1-4H3,(H,29,31)(H,30,32)/b27-15+,28-16+. The molecule has 0 aliphatic heterocycles. The molecule has 0 atom stereocenters. The van der Waals surface area contributed by atoms with E-state index in [9.17, 15) is 9.59 Å². The summed E-state index contributed by atoms with van der Waals surface area (Å²) >= 11 is 0. The van der Waals surface area contributed by atoms with E-state index < -0.39 is 11.8 Å². The van der Waals surface area contributed by atoms with Crippen molar-refractivity contribution < 1.29 is 28.5 Å². The number of hydrogen-bond donors (Lipinski definition) is 2. The highest BCUT2D eigenvalue weighted by Gasteiger charge is 2.09. The number of amides is 2. The third-order valence-corrected chi connectivity index (χ3v) is 4.98. The van der Waals surface area contributed by atoms with Crippen molar-refractivity contribution in [3.63, 3.8) is 0 Å². The van der Waals surface area contributed by atoms with E-state index in [1.54, 1.807) is 50.6 Å². The lowest BCUT2D eigenvalue weighted by Gasteiger charge is -2.07. The van der Waals surface area contributed by atoms with Crippen LogP contribution in [0.15, 0.2) is 70.9 Å². The van der Waals surface area contributed by atoms with Crippen LogP contribution in [0.3, 0.4) is 0 Å². The number of carbonyl (C=O) groups excluding carboxylic acids is 2. The Morgan fingerprint density at radius 3 is 1.28 bits per heavy atom. The lowest BCUT2D eigenvalue weighted by atomic mass is 10.1. The van der Waals surface area contributed by atoms with Crippen LogP contribution >= 0.6 is 0 Å². The van der Waals surface area contributed by atoms with E-state index in [1.165, 1.54) is 50.9 Å². The highest BCUT2D eigenvalue weighted by molar-refractivity contribution is 5.98. The summed E-state index contributed by atoms with van der Waals surface area (Å²) in [5.74, 6) is 1.43. The first-order chi connectivity index (χ1) is 17.5. The zero-order chi connectivity index (χ0) is 25.9. The van der Waals surface area contributed by atoms with Crippen LogP contribution < -0.4 is 29.8 Å². The number of hydrazone groups is 2. The monoisotopic (exact) mass is 490 g/mol. The number of ether oxygens (including phenoxy) is 4. The van der Waals surface area contributed by atoms with Crippen molar-refractivity contribution in [3.05, 3.63) is 82.9 Å². The van der Waals surface area contributed by atoms with E-state index in [-0.39, 0.29) is 0 Å². The van der Waals surface area contributed by atoms with Gasteiger partial charge in [0.2, 0.25) is 0 Å². The quantitative estimate of drug-likeness (QED) is 0.333. The first-order valence-electron chi connectivity index (χ1n) is 10.7. The largest absolute Gasteiger partial charge is 0.493 e. The normalized spacial score (nSPS) is 10.8. The molecular formula is C26H26N4O6. The molecule has 0 unspecified atom stereocenters. The smallest absolute Gasteiger partial charge is 0.271 e. The summed E-state index contributed by atoms with van der Waals surface area (Å²) in [7, 11) is 6.17. The van der Waals surface area contributed by atoms with Gasteiger partial charge >= 0.3 is 0 Å². The lowest BCUT2D eigenvalue weighted by Crippen LogP contribution is -2.19. The molecule has 0 saturated carbocycles. The Hall–Kier alpha value is -4.86. The topological polar surface area (TPSA) is 120 Å². The Morgan fingerprint density at radius 2 is 0.944 bits per heavy atom. The highest BCUT2D eigenvalue weighted by Crippen LogP contribution is 2.27. The molecule has 0 aliphatic carbocycles.